The Hall–Kier alpha value is -2.42. The number of amidine groups is 1. The number of anilines is 1. The third kappa shape index (κ3) is 4.34. The fraction of sp³-hybridized carbons (Fsp3) is 0.640. The van der Waals surface area contributed by atoms with Crippen molar-refractivity contribution in [1.82, 2.24) is 5.32 Å². The van der Waals surface area contributed by atoms with Crippen molar-refractivity contribution < 1.29 is 22.7 Å². The molecule has 3 fully saturated rings. The molecule has 2 aliphatic heterocycles. The normalized spacial score (nSPS) is 28.7. The van der Waals surface area contributed by atoms with E-state index in [1.807, 2.05) is 11.8 Å². The number of nitrogens with zero attached hydrogens (tertiary/aromatic N) is 2. The summed E-state index contributed by atoms with van der Waals surface area (Å²) < 4.78 is 35.1. The van der Waals surface area contributed by atoms with Crippen LogP contribution in [0.3, 0.4) is 0 Å². The Balaban J connectivity index is 1.26. The van der Waals surface area contributed by atoms with E-state index in [0.717, 1.165) is 31.6 Å². The molecule has 34 heavy (non-hydrogen) atoms. The molecule has 0 radical (unpaired) electrons. The van der Waals surface area contributed by atoms with Crippen molar-refractivity contribution in [3.63, 3.8) is 0 Å². The second-order valence-electron chi connectivity index (χ2n) is 10.3. The van der Waals surface area contributed by atoms with Gasteiger partial charge in [-0.25, -0.2) is 4.79 Å². The average molecular weight is 488 g/mol. The molecule has 2 bridgehead atoms. The van der Waals surface area contributed by atoms with E-state index in [4.69, 9.17) is 4.74 Å². The number of nitrogens with one attached hydrogen (secondary N) is 1. The lowest BCUT2D eigenvalue weighted by atomic mass is 9.84. The number of benzene rings is 1. The first-order valence-corrected chi connectivity index (χ1v) is 13.9. The zero-order valence-corrected chi connectivity index (χ0v) is 20.6. The van der Waals surface area contributed by atoms with Crippen molar-refractivity contribution in [2.24, 2.45) is 22.2 Å². The molecule has 0 aromatic heterocycles. The topological polar surface area (TPSA) is 105 Å². The van der Waals surface area contributed by atoms with Crippen LogP contribution in [0.1, 0.15) is 75.6 Å². The van der Waals surface area contributed by atoms with E-state index >= 15 is 0 Å². The molecule has 4 aliphatic rings. The average Bonchev–Trinajstić information content (AvgIpc) is 3.36. The number of rotatable bonds is 5. The van der Waals surface area contributed by atoms with Gasteiger partial charge in [0.05, 0.1) is 11.3 Å². The van der Waals surface area contributed by atoms with Crippen molar-refractivity contribution in [3.8, 4) is 0 Å². The summed E-state index contributed by atoms with van der Waals surface area (Å²) in [6.07, 6.45) is 7.49. The van der Waals surface area contributed by atoms with Gasteiger partial charge in [-0.3, -0.25) is 4.79 Å². The molecular weight excluding hydrogens is 454 g/mol. The fourth-order valence-electron chi connectivity index (χ4n) is 6.24. The molecule has 5 unspecified atom stereocenters. The molecule has 1 aromatic carbocycles. The zero-order chi connectivity index (χ0) is 24.0. The minimum Gasteiger partial charge on any atom is -0.449 e. The number of hydrogen-bond acceptors (Lipinski definition) is 6. The molecule has 2 aliphatic carbocycles. The van der Waals surface area contributed by atoms with Crippen molar-refractivity contribution >= 4 is 33.4 Å². The molecule has 2 saturated carbocycles. The van der Waals surface area contributed by atoms with Gasteiger partial charge >= 0.3 is 5.97 Å². The fourth-order valence-corrected chi connectivity index (χ4v) is 7.53. The highest BCUT2D eigenvalue weighted by molar-refractivity contribution is 7.90. The highest BCUT2D eigenvalue weighted by Gasteiger charge is 2.42. The Labute approximate surface area is 201 Å². The van der Waals surface area contributed by atoms with Crippen molar-refractivity contribution in [3.05, 3.63) is 23.8 Å². The van der Waals surface area contributed by atoms with E-state index in [-0.39, 0.29) is 22.4 Å². The number of sulfonamides is 1. The maximum Gasteiger partial charge on any atom is 0.338 e. The summed E-state index contributed by atoms with van der Waals surface area (Å²) >= 11 is 0. The Morgan fingerprint density at radius 3 is 2.71 bits per heavy atom. The van der Waals surface area contributed by atoms with E-state index in [0.29, 0.717) is 36.3 Å². The molecule has 1 saturated heterocycles. The van der Waals surface area contributed by atoms with Crippen LogP contribution in [0.2, 0.25) is 0 Å². The van der Waals surface area contributed by atoms with Crippen LogP contribution >= 0.6 is 0 Å². The largest absolute Gasteiger partial charge is 0.449 e. The SMILES string of the molecule is CC(OC(=O)c1ccc2c(c1)S(=O)(=O)N=C1CCCCCN12)C(=O)NC(C)C1CC2CCC1C2. The molecule has 184 valence electrons. The molecule has 9 heteroatoms. The number of ether oxygens (including phenoxy) is 1. The minimum atomic E-state index is -3.90. The summed E-state index contributed by atoms with van der Waals surface area (Å²) in [5.74, 6) is 1.48. The Bertz CT molecular complexity index is 1130. The van der Waals surface area contributed by atoms with Crippen molar-refractivity contribution in [2.75, 3.05) is 11.4 Å². The van der Waals surface area contributed by atoms with E-state index in [1.165, 1.54) is 25.3 Å². The molecule has 5 rings (SSSR count). The molecule has 2 heterocycles. The number of esters is 1. The number of carbonyl (C=O) groups excluding carboxylic acids is 2. The first kappa shape index (κ1) is 23.3. The van der Waals surface area contributed by atoms with Gasteiger partial charge in [-0.15, -0.1) is 4.40 Å². The smallest absolute Gasteiger partial charge is 0.338 e. The maximum atomic E-state index is 12.8. The lowest BCUT2D eigenvalue weighted by Gasteiger charge is -2.30. The minimum absolute atomic E-state index is 0.00890. The van der Waals surface area contributed by atoms with Crippen LogP contribution in [0.5, 0.6) is 0 Å². The van der Waals surface area contributed by atoms with Crippen LogP contribution in [-0.2, 0) is 19.6 Å². The second-order valence-corrected chi connectivity index (χ2v) is 11.9. The van der Waals surface area contributed by atoms with Crippen LogP contribution in [0.15, 0.2) is 27.5 Å². The van der Waals surface area contributed by atoms with Gasteiger partial charge in [-0.2, -0.15) is 8.42 Å². The molecule has 1 N–H and O–H groups in total. The first-order chi connectivity index (χ1) is 16.2. The van der Waals surface area contributed by atoms with Crippen LogP contribution in [-0.4, -0.2) is 44.8 Å². The summed E-state index contributed by atoms with van der Waals surface area (Å²) in [4.78, 5) is 27.4. The van der Waals surface area contributed by atoms with E-state index in [9.17, 15) is 18.0 Å². The van der Waals surface area contributed by atoms with Crippen molar-refractivity contribution in [2.45, 2.75) is 82.3 Å². The zero-order valence-electron chi connectivity index (χ0n) is 19.8. The molecule has 0 spiro atoms. The van der Waals surface area contributed by atoms with Crippen LogP contribution in [0.25, 0.3) is 0 Å². The number of amides is 1. The van der Waals surface area contributed by atoms with Crippen LogP contribution in [0, 0.1) is 17.8 Å². The quantitative estimate of drug-likeness (QED) is 0.636. The summed E-state index contributed by atoms with van der Waals surface area (Å²) in [6, 6.07) is 4.57. The van der Waals surface area contributed by atoms with Crippen LogP contribution < -0.4 is 10.2 Å². The number of fused-ring (bicyclic) bond motifs is 5. The third-order valence-corrected chi connectivity index (χ3v) is 9.38. The van der Waals surface area contributed by atoms with Gasteiger partial charge in [0.25, 0.3) is 15.9 Å². The highest BCUT2D eigenvalue weighted by Crippen LogP contribution is 2.49. The predicted octanol–water partition coefficient (Wildman–Crippen LogP) is 3.65. The standard InChI is InChI=1S/C25H33N3O5S/c1-15(20-13-17-7-8-18(20)12-17)26-24(29)16(2)33-25(30)19-9-10-21-22(14-19)34(31,32)27-23-6-4-3-5-11-28(21)23/h9-10,14-18,20H,3-8,11-13H2,1-2H3,(H,26,29). The van der Waals surface area contributed by atoms with Gasteiger partial charge in [0.2, 0.25) is 0 Å². The predicted molar refractivity (Wildman–Crippen MR) is 128 cm³/mol. The molecular formula is C25H33N3O5S. The van der Waals surface area contributed by atoms with Crippen LogP contribution in [0.4, 0.5) is 5.69 Å². The molecule has 1 aromatic rings. The number of hydrogen-bond donors (Lipinski definition) is 1. The monoisotopic (exact) mass is 487 g/mol. The summed E-state index contributed by atoms with van der Waals surface area (Å²) in [7, 11) is -3.90. The van der Waals surface area contributed by atoms with E-state index in [1.54, 1.807) is 19.1 Å². The number of carbonyl (C=O) groups is 2. The van der Waals surface area contributed by atoms with Crippen molar-refractivity contribution in [1.29, 1.82) is 0 Å². The Morgan fingerprint density at radius 2 is 1.97 bits per heavy atom. The third-order valence-electron chi connectivity index (χ3n) is 8.04. The van der Waals surface area contributed by atoms with Gasteiger partial charge in [0, 0.05) is 19.0 Å². The van der Waals surface area contributed by atoms with Gasteiger partial charge < -0.3 is 15.0 Å². The highest BCUT2D eigenvalue weighted by atomic mass is 32.2. The van der Waals surface area contributed by atoms with Gasteiger partial charge in [0.1, 0.15) is 10.7 Å². The Kier molecular flexibility index (Phi) is 6.16. The van der Waals surface area contributed by atoms with Gasteiger partial charge in [-0.05, 0) is 81.9 Å². The maximum absolute atomic E-state index is 12.8. The summed E-state index contributed by atoms with van der Waals surface area (Å²) in [5.41, 5.74) is 0.644. The molecule has 8 nitrogen and oxygen atoms in total. The van der Waals surface area contributed by atoms with E-state index in [2.05, 4.69) is 9.71 Å². The van der Waals surface area contributed by atoms with E-state index < -0.39 is 22.1 Å². The molecule has 1 amide bonds. The lowest BCUT2D eigenvalue weighted by molar-refractivity contribution is -0.130. The molecule has 5 atom stereocenters. The van der Waals surface area contributed by atoms with Gasteiger partial charge in [-0.1, -0.05) is 12.8 Å². The summed E-state index contributed by atoms with van der Waals surface area (Å²) in [5, 5.41) is 3.03. The second kappa shape index (κ2) is 8.98. The summed E-state index contributed by atoms with van der Waals surface area (Å²) in [6.45, 7) is 4.27. The lowest BCUT2D eigenvalue weighted by Crippen LogP contribution is -2.45. The Morgan fingerprint density at radius 1 is 1.15 bits per heavy atom. The van der Waals surface area contributed by atoms with Gasteiger partial charge in [0.15, 0.2) is 6.10 Å². The first-order valence-electron chi connectivity index (χ1n) is 12.5.